The van der Waals surface area contributed by atoms with Crippen LogP contribution in [0, 0.1) is 0 Å². The predicted octanol–water partition coefficient (Wildman–Crippen LogP) is 1.82. The fourth-order valence-electron chi connectivity index (χ4n) is 2.47. The lowest BCUT2D eigenvalue weighted by Crippen LogP contribution is -2.48. The van der Waals surface area contributed by atoms with E-state index in [1.807, 2.05) is 0 Å². The van der Waals surface area contributed by atoms with Gasteiger partial charge >= 0.3 is 0 Å². The normalized spacial score (nSPS) is 35.5. The molecule has 2 rings (SSSR count). The number of hydrogen-bond donors (Lipinski definition) is 0. The van der Waals surface area contributed by atoms with Crippen molar-refractivity contribution >= 4 is 0 Å². The van der Waals surface area contributed by atoms with Crippen LogP contribution in [0.25, 0.3) is 0 Å². The van der Waals surface area contributed by atoms with Gasteiger partial charge in [-0.05, 0) is 26.2 Å². The van der Waals surface area contributed by atoms with Gasteiger partial charge in [0.25, 0.3) is 0 Å². The molecule has 0 aromatic rings. The summed E-state index contributed by atoms with van der Waals surface area (Å²) in [6.45, 7) is 5.25. The second-order valence-corrected chi connectivity index (χ2v) is 3.97. The Bertz CT molecular complexity index is 191. The zero-order valence-corrected chi connectivity index (χ0v) is 8.41. The summed E-state index contributed by atoms with van der Waals surface area (Å²) in [4.78, 5) is 2.57. The van der Waals surface area contributed by atoms with Gasteiger partial charge in [0.1, 0.15) is 0 Å². The first-order valence-electron chi connectivity index (χ1n) is 5.38. The number of allylic oxidation sites excluding steroid dienone is 1. The third kappa shape index (κ3) is 1.94. The molecule has 2 heteroatoms. The second-order valence-electron chi connectivity index (χ2n) is 3.97. The van der Waals surface area contributed by atoms with E-state index in [9.17, 15) is 0 Å². The SMILES string of the molecule is C/C=C/CN1CCOC2CCCC21. The van der Waals surface area contributed by atoms with E-state index in [1.165, 1.54) is 19.3 Å². The number of rotatable bonds is 2. The van der Waals surface area contributed by atoms with Crippen LogP contribution in [0.5, 0.6) is 0 Å². The Morgan fingerprint density at radius 1 is 1.46 bits per heavy atom. The molecule has 0 spiro atoms. The first kappa shape index (κ1) is 9.22. The first-order chi connectivity index (χ1) is 6.42. The molecule has 1 heterocycles. The van der Waals surface area contributed by atoms with Crippen LogP contribution in [0.15, 0.2) is 12.2 Å². The maximum Gasteiger partial charge on any atom is 0.0731 e. The summed E-state index contributed by atoms with van der Waals surface area (Å²) in [6, 6.07) is 0.713. The van der Waals surface area contributed by atoms with Crippen molar-refractivity contribution in [2.24, 2.45) is 0 Å². The van der Waals surface area contributed by atoms with Gasteiger partial charge in [-0.25, -0.2) is 0 Å². The van der Waals surface area contributed by atoms with Crippen LogP contribution in [0.3, 0.4) is 0 Å². The maximum atomic E-state index is 5.75. The monoisotopic (exact) mass is 181 g/mol. The summed E-state index contributed by atoms with van der Waals surface area (Å²) in [6.07, 6.45) is 8.89. The van der Waals surface area contributed by atoms with Crippen molar-refractivity contribution in [3.8, 4) is 0 Å². The molecule has 2 atom stereocenters. The summed E-state index contributed by atoms with van der Waals surface area (Å²) in [5.41, 5.74) is 0. The van der Waals surface area contributed by atoms with E-state index in [0.29, 0.717) is 12.1 Å². The fraction of sp³-hybridized carbons (Fsp3) is 0.818. The van der Waals surface area contributed by atoms with E-state index >= 15 is 0 Å². The Morgan fingerprint density at radius 3 is 3.23 bits per heavy atom. The van der Waals surface area contributed by atoms with Crippen molar-refractivity contribution in [3.63, 3.8) is 0 Å². The zero-order chi connectivity index (χ0) is 9.10. The molecule has 2 aliphatic rings. The number of nitrogens with zero attached hydrogens (tertiary/aromatic N) is 1. The average molecular weight is 181 g/mol. The summed E-state index contributed by atoms with van der Waals surface area (Å²) < 4.78 is 5.75. The molecule has 1 aliphatic carbocycles. The molecule has 0 radical (unpaired) electrons. The second kappa shape index (κ2) is 4.25. The van der Waals surface area contributed by atoms with Crippen LogP contribution in [0.2, 0.25) is 0 Å². The lowest BCUT2D eigenvalue weighted by Gasteiger charge is -2.36. The van der Waals surface area contributed by atoms with Crippen molar-refractivity contribution in [1.82, 2.24) is 4.90 Å². The lowest BCUT2D eigenvalue weighted by atomic mass is 10.1. The molecule has 2 fully saturated rings. The summed E-state index contributed by atoms with van der Waals surface area (Å²) in [5, 5.41) is 0. The highest BCUT2D eigenvalue weighted by Crippen LogP contribution is 2.29. The van der Waals surface area contributed by atoms with Crippen LogP contribution in [0.1, 0.15) is 26.2 Å². The molecule has 1 saturated heterocycles. The van der Waals surface area contributed by atoms with E-state index in [4.69, 9.17) is 4.74 Å². The topological polar surface area (TPSA) is 12.5 Å². The summed E-state index contributed by atoms with van der Waals surface area (Å²) >= 11 is 0. The standard InChI is InChI=1S/C11H19NO/c1-2-3-7-12-8-9-13-11-6-4-5-10(11)12/h2-3,10-11H,4-9H2,1H3/b3-2+. The van der Waals surface area contributed by atoms with Gasteiger partial charge in [-0.1, -0.05) is 12.2 Å². The largest absolute Gasteiger partial charge is 0.375 e. The van der Waals surface area contributed by atoms with Crippen LogP contribution < -0.4 is 0 Å². The highest BCUT2D eigenvalue weighted by molar-refractivity contribution is 4.92. The highest BCUT2D eigenvalue weighted by Gasteiger charge is 2.35. The fourth-order valence-corrected chi connectivity index (χ4v) is 2.47. The number of hydrogen-bond acceptors (Lipinski definition) is 2. The van der Waals surface area contributed by atoms with Gasteiger partial charge < -0.3 is 4.74 Å². The quantitative estimate of drug-likeness (QED) is 0.602. The average Bonchev–Trinajstić information content (AvgIpc) is 2.62. The molecule has 0 aromatic carbocycles. The minimum Gasteiger partial charge on any atom is -0.375 e. The van der Waals surface area contributed by atoms with Gasteiger partial charge in [-0.15, -0.1) is 0 Å². The van der Waals surface area contributed by atoms with Crippen molar-refractivity contribution in [2.75, 3.05) is 19.7 Å². The van der Waals surface area contributed by atoms with Gasteiger partial charge in [0.2, 0.25) is 0 Å². The van der Waals surface area contributed by atoms with Gasteiger partial charge in [-0.3, -0.25) is 4.90 Å². The summed E-state index contributed by atoms with van der Waals surface area (Å²) in [7, 11) is 0. The van der Waals surface area contributed by atoms with E-state index in [0.717, 1.165) is 19.7 Å². The van der Waals surface area contributed by atoms with Gasteiger partial charge in [0.05, 0.1) is 12.7 Å². The number of fused-ring (bicyclic) bond motifs is 1. The van der Waals surface area contributed by atoms with E-state index in [2.05, 4.69) is 24.0 Å². The molecule has 13 heavy (non-hydrogen) atoms. The first-order valence-corrected chi connectivity index (χ1v) is 5.38. The van der Waals surface area contributed by atoms with Crippen molar-refractivity contribution in [3.05, 3.63) is 12.2 Å². The molecule has 2 nitrogen and oxygen atoms in total. The van der Waals surface area contributed by atoms with Gasteiger partial charge in [0, 0.05) is 19.1 Å². The zero-order valence-electron chi connectivity index (χ0n) is 8.41. The van der Waals surface area contributed by atoms with E-state index < -0.39 is 0 Å². The number of morpholine rings is 1. The maximum absolute atomic E-state index is 5.75. The summed E-state index contributed by atoms with van der Waals surface area (Å²) in [5.74, 6) is 0. The molecule has 0 bridgehead atoms. The Kier molecular flexibility index (Phi) is 3.01. The smallest absolute Gasteiger partial charge is 0.0731 e. The van der Waals surface area contributed by atoms with Crippen molar-refractivity contribution in [2.45, 2.75) is 38.3 Å². The molecule has 0 amide bonds. The van der Waals surface area contributed by atoms with Crippen molar-refractivity contribution in [1.29, 1.82) is 0 Å². The van der Waals surface area contributed by atoms with E-state index in [-0.39, 0.29) is 0 Å². The van der Waals surface area contributed by atoms with Gasteiger partial charge in [0.15, 0.2) is 0 Å². The third-order valence-electron chi connectivity index (χ3n) is 3.17. The Labute approximate surface area is 80.6 Å². The molecule has 2 unspecified atom stereocenters. The highest BCUT2D eigenvalue weighted by atomic mass is 16.5. The molecular weight excluding hydrogens is 162 g/mol. The predicted molar refractivity (Wildman–Crippen MR) is 53.8 cm³/mol. The van der Waals surface area contributed by atoms with E-state index in [1.54, 1.807) is 0 Å². The lowest BCUT2D eigenvalue weighted by molar-refractivity contribution is -0.0511. The number of ether oxygens (including phenoxy) is 1. The molecule has 0 N–H and O–H groups in total. The molecule has 0 aromatic heterocycles. The Balaban J connectivity index is 1.93. The molecule has 74 valence electrons. The molecule has 1 aliphatic heterocycles. The van der Waals surface area contributed by atoms with Gasteiger partial charge in [-0.2, -0.15) is 0 Å². The minimum atomic E-state index is 0.541. The van der Waals surface area contributed by atoms with Crippen LogP contribution in [-0.4, -0.2) is 36.7 Å². The minimum absolute atomic E-state index is 0.541. The molecular formula is C11H19NO. The van der Waals surface area contributed by atoms with Crippen LogP contribution in [-0.2, 0) is 4.74 Å². The van der Waals surface area contributed by atoms with Crippen molar-refractivity contribution < 1.29 is 4.74 Å². The van der Waals surface area contributed by atoms with Crippen LogP contribution in [0.4, 0.5) is 0 Å². The third-order valence-corrected chi connectivity index (χ3v) is 3.17. The molecule has 1 saturated carbocycles. The Hall–Kier alpha value is -0.340. The van der Waals surface area contributed by atoms with Crippen LogP contribution >= 0.6 is 0 Å². The Morgan fingerprint density at radius 2 is 2.38 bits per heavy atom.